The first-order valence-electron chi connectivity index (χ1n) is 6.68. The van der Waals surface area contributed by atoms with Crippen LogP contribution in [-0.4, -0.2) is 30.2 Å². The SMILES string of the molecule is CCc1[nH]c(CNCCOC)nc1-c1ccccc1. The number of rotatable bonds is 7. The van der Waals surface area contributed by atoms with E-state index < -0.39 is 0 Å². The first-order valence-corrected chi connectivity index (χ1v) is 6.68. The summed E-state index contributed by atoms with van der Waals surface area (Å²) in [6.45, 7) is 4.43. The summed E-state index contributed by atoms with van der Waals surface area (Å²) in [5.74, 6) is 0.979. The Balaban J connectivity index is 2.09. The highest BCUT2D eigenvalue weighted by Gasteiger charge is 2.10. The zero-order valence-corrected chi connectivity index (χ0v) is 11.6. The van der Waals surface area contributed by atoms with Gasteiger partial charge >= 0.3 is 0 Å². The molecule has 0 saturated carbocycles. The molecule has 0 unspecified atom stereocenters. The van der Waals surface area contributed by atoms with Crippen LogP contribution in [0.15, 0.2) is 30.3 Å². The minimum Gasteiger partial charge on any atom is -0.383 e. The number of aromatic nitrogens is 2. The van der Waals surface area contributed by atoms with Crippen LogP contribution in [0.25, 0.3) is 11.3 Å². The lowest BCUT2D eigenvalue weighted by Crippen LogP contribution is -2.19. The van der Waals surface area contributed by atoms with Crippen molar-refractivity contribution in [2.45, 2.75) is 19.9 Å². The van der Waals surface area contributed by atoms with E-state index in [-0.39, 0.29) is 0 Å². The smallest absolute Gasteiger partial charge is 0.121 e. The molecule has 19 heavy (non-hydrogen) atoms. The summed E-state index contributed by atoms with van der Waals surface area (Å²) < 4.78 is 5.01. The molecule has 1 aromatic heterocycles. The number of imidazole rings is 1. The Morgan fingerprint density at radius 3 is 2.74 bits per heavy atom. The third kappa shape index (κ3) is 3.66. The number of methoxy groups -OCH3 is 1. The van der Waals surface area contributed by atoms with Crippen LogP contribution in [0.3, 0.4) is 0 Å². The second-order valence-electron chi connectivity index (χ2n) is 4.40. The molecule has 0 amide bonds. The highest BCUT2D eigenvalue weighted by Crippen LogP contribution is 2.21. The number of nitrogens with one attached hydrogen (secondary N) is 2. The Hall–Kier alpha value is -1.65. The van der Waals surface area contributed by atoms with Crippen molar-refractivity contribution in [2.75, 3.05) is 20.3 Å². The van der Waals surface area contributed by atoms with Gasteiger partial charge in [-0.15, -0.1) is 0 Å². The van der Waals surface area contributed by atoms with E-state index in [2.05, 4.69) is 29.4 Å². The molecule has 0 fully saturated rings. The van der Waals surface area contributed by atoms with E-state index in [0.29, 0.717) is 6.61 Å². The first kappa shape index (κ1) is 13.8. The molecule has 2 N–H and O–H groups in total. The summed E-state index contributed by atoms with van der Waals surface area (Å²) in [4.78, 5) is 8.08. The van der Waals surface area contributed by atoms with Crippen LogP contribution in [0, 0.1) is 0 Å². The van der Waals surface area contributed by atoms with Gasteiger partial charge in [-0.2, -0.15) is 0 Å². The van der Waals surface area contributed by atoms with Crippen LogP contribution in [0.1, 0.15) is 18.4 Å². The van der Waals surface area contributed by atoms with E-state index in [0.717, 1.165) is 31.0 Å². The Bertz CT molecular complexity index is 493. The number of aryl methyl sites for hydroxylation is 1. The van der Waals surface area contributed by atoms with Crippen molar-refractivity contribution in [3.05, 3.63) is 41.9 Å². The molecule has 0 bridgehead atoms. The third-order valence-electron chi connectivity index (χ3n) is 3.00. The molecule has 1 heterocycles. The summed E-state index contributed by atoms with van der Waals surface area (Å²) in [5, 5.41) is 3.30. The Morgan fingerprint density at radius 2 is 2.05 bits per heavy atom. The maximum absolute atomic E-state index is 5.01. The van der Waals surface area contributed by atoms with E-state index in [9.17, 15) is 0 Å². The third-order valence-corrected chi connectivity index (χ3v) is 3.00. The summed E-state index contributed by atoms with van der Waals surface area (Å²) in [6, 6.07) is 10.3. The quantitative estimate of drug-likeness (QED) is 0.751. The van der Waals surface area contributed by atoms with E-state index in [1.165, 1.54) is 11.3 Å². The summed E-state index contributed by atoms with van der Waals surface area (Å²) >= 11 is 0. The van der Waals surface area contributed by atoms with Crippen molar-refractivity contribution in [3.8, 4) is 11.3 Å². The fourth-order valence-electron chi connectivity index (χ4n) is 2.02. The largest absolute Gasteiger partial charge is 0.383 e. The van der Waals surface area contributed by atoms with Crippen LogP contribution in [0.2, 0.25) is 0 Å². The zero-order valence-electron chi connectivity index (χ0n) is 11.6. The number of ether oxygens (including phenoxy) is 1. The molecule has 0 aliphatic carbocycles. The topological polar surface area (TPSA) is 49.9 Å². The molecular weight excluding hydrogens is 238 g/mol. The van der Waals surface area contributed by atoms with E-state index in [1.807, 2.05) is 18.2 Å². The molecule has 0 atom stereocenters. The van der Waals surface area contributed by atoms with Gasteiger partial charge in [-0.25, -0.2) is 4.98 Å². The lowest BCUT2D eigenvalue weighted by Gasteiger charge is -2.00. The Morgan fingerprint density at radius 1 is 1.26 bits per heavy atom. The van der Waals surface area contributed by atoms with Crippen molar-refractivity contribution in [3.63, 3.8) is 0 Å². The first-order chi connectivity index (χ1) is 9.35. The van der Waals surface area contributed by atoms with Gasteiger partial charge in [0, 0.05) is 24.9 Å². The second-order valence-corrected chi connectivity index (χ2v) is 4.40. The molecule has 2 aromatic rings. The van der Waals surface area contributed by atoms with E-state index in [1.54, 1.807) is 7.11 Å². The number of H-pyrrole nitrogens is 1. The number of hydrogen-bond donors (Lipinski definition) is 2. The average Bonchev–Trinajstić information content (AvgIpc) is 2.88. The predicted octanol–water partition coefficient (Wildman–Crippen LogP) is 2.38. The molecule has 0 aliphatic rings. The van der Waals surface area contributed by atoms with Gasteiger partial charge in [-0.1, -0.05) is 37.3 Å². The number of benzene rings is 1. The maximum atomic E-state index is 5.01. The molecule has 0 radical (unpaired) electrons. The molecule has 0 spiro atoms. The minimum atomic E-state index is 0.715. The predicted molar refractivity (Wildman–Crippen MR) is 77.0 cm³/mol. The minimum absolute atomic E-state index is 0.715. The lowest BCUT2D eigenvalue weighted by atomic mass is 10.1. The van der Waals surface area contributed by atoms with Gasteiger partial charge < -0.3 is 15.0 Å². The normalized spacial score (nSPS) is 10.8. The molecule has 4 nitrogen and oxygen atoms in total. The number of aromatic amines is 1. The molecule has 1 aromatic carbocycles. The van der Waals surface area contributed by atoms with Gasteiger partial charge in [0.1, 0.15) is 5.82 Å². The lowest BCUT2D eigenvalue weighted by molar-refractivity contribution is 0.199. The molecular formula is C15H21N3O. The van der Waals surface area contributed by atoms with Gasteiger partial charge in [-0.05, 0) is 6.42 Å². The van der Waals surface area contributed by atoms with Gasteiger partial charge in [0.15, 0.2) is 0 Å². The van der Waals surface area contributed by atoms with Crippen molar-refractivity contribution in [2.24, 2.45) is 0 Å². The summed E-state index contributed by atoms with van der Waals surface area (Å²) in [5.41, 5.74) is 3.42. The van der Waals surface area contributed by atoms with Crippen LogP contribution < -0.4 is 5.32 Å². The monoisotopic (exact) mass is 259 g/mol. The molecule has 0 saturated heterocycles. The number of nitrogens with zero attached hydrogens (tertiary/aromatic N) is 1. The van der Waals surface area contributed by atoms with E-state index in [4.69, 9.17) is 9.72 Å². The second kappa shape index (κ2) is 7.07. The standard InChI is InChI=1S/C15H21N3O/c1-3-13-15(12-7-5-4-6-8-12)18-14(17-13)11-16-9-10-19-2/h4-8,16H,3,9-11H2,1-2H3,(H,17,18). The van der Waals surface area contributed by atoms with Crippen LogP contribution in [0.5, 0.6) is 0 Å². The zero-order chi connectivity index (χ0) is 13.5. The Kier molecular flexibility index (Phi) is 5.12. The number of hydrogen-bond acceptors (Lipinski definition) is 3. The van der Waals surface area contributed by atoms with Crippen molar-refractivity contribution in [1.29, 1.82) is 0 Å². The molecule has 102 valence electrons. The van der Waals surface area contributed by atoms with Gasteiger partial charge in [-0.3, -0.25) is 0 Å². The molecule has 4 heteroatoms. The van der Waals surface area contributed by atoms with Gasteiger partial charge in [0.25, 0.3) is 0 Å². The molecule has 2 rings (SSSR count). The average molecular weight is 259 g/mol. The van der Waals surface area contributed by atoms with Crippen molar-refractivity contribution < 1.29 is 4.74 Å². The van der Waals surface area contributed by atoms with Crippen molar-refractivity contribution >= 4 is 0 Å². The Labute approximate surface area is 114 Å². The van der Waals surface area contributed by atoms with Crippen LogP contribution in [0.4, 0.5) is 0 Å². The summed E-state index contributed by atoms with van der Waals surface area (Å²) in [7, 11) is 1.71. The summed E-state index contributed by atoms with van der Waals surface area (Å²) in [6.07, 6.45) is 0.954. The fraction of sp³-hybridized carbons (Fsp3) is 0.400. The highest BCUT2D eigenvalue weighted by molar-refractivity contribution is 5.61. The van der Waals surface area contributed by atoms with Crippen LogP contribution >= 0.6 is 0 Å². The van der Waals surface area contributed by atoms with E-state index >= 15 is 0 Å². The van der Waals surface area contributed by atoms with Gasteiger partial charge in [0.05, 0.1) is 18.8 Å². The van der Waals surface area contributed by atoms with Crippen LogP contribution in [-0.2, 0) is 17.7 Å². The van der Waals surface area contributed by atoms with Crippen molar-refractivity contribution in [1.82, 2.24) is 15.3 Å². The highest BCUT2D eigenvalue weighted by atomic mass is 16.5. The fourth-order valence-corrected chi connectivity index (χ4v) is 2.02. The van der Waals surface area contributed by atoms with Gasteiger partial charge in [0.2, 0.25) is 0 Å². The molecule has 0 aliphatic heterocycles. The maximum Gasteiger partial charge on any atom is 0.121 e.